The second-order valence-electron chi connectivity index (χ2n) is 5.89. The van der Waals surface area contributed by atoms with Crippen molar-refractivity contribution in [3.8, 4) is 0 Å². The van der Waals surface area contributed by atoms with Gasteiger partial charge in [0, 0.05) is 17.9 Å². The van der Waals surface area contributed by atoms with E-state index in [0.29, 0.717) is 24.1 Å². The normalized spacial score (nSPS) is 22.8. The Labute approximate surface area is 128 Å². The highest BCUT2D eigenvalue weighted by molar-refractivity contribution is 6.01. The lowest BCUT2D eigenvalue weighted by Crippen LogP contribution is -2.28. The lowest BCUT2D eigenvalue weighted by atomic mass is 9.78. The van der Waals surface area contributed by atoms with Crippen molar-refractivity contribution >= 4 is 11.5 Å². The molecule has 0 fully saturated rings. The lowest BCUT2D eigenvalue weighted by Gasteiger charge is -2.30. The van der Waals surface area contributed by atoms with Crippen molar-refractivity contribution in [1.29, 1.82) is 0 Å². The number of rotatable bonds is 2. The highest BCUT2D eigenvalue weighted by atomic mass is 19.1. The fraction of sp³-hybridized carbons (Fsp3) is 0.278. The van der Waals surface area contributed by atoms with E-state index >= 15 is 0 Å². The molecule has 0 saturated carbocycles. The molecule has 2 unspecified atom stereocenters. The third kappa shape index (κ3) is 1.74. The van der Waals surface area contributed by atoms with Crippen molar-refractivity contribution in [3.63, 3.8) is 0 Å². The summed E-state index contributed by atoms with van der Waals surface area (Å²) < 4.78 is 14.4. The van der Waals surface area contributed by atoms with Crippen molar-refractivity contribution < 1.29 is 14.3 Å². The summed E-state index contributed by atoms with van der Waals surface area (Å²) in [6.45, 7) is -0.266. The van der Waals surface area contributed by atoms with Gasteiger partial charge in [0.25, 0.3) is 0 Å². The molecule has 112 valence electrons. The smallest absolute Gasteiger partial charge is 0.163 e. The van der Waals surface area contributed by atoms with Crippen LogP contribution in [0.25, 0.3) is 0 Å². The largest absolute Gasteiger partial charge is 0.376 e. The monoisotopic (exact) mass is 297 g/mol. The van der Waals surface area contributed by atoms with E-state index in [1.165, 1.54) is 6.07 Å². The molecule has 3 nitrogen and oxygen atoms in total. The number of aliphatic hydroxyl groups excluding tert-OH is 1. The van der Waals surface area contributed by atoms with Crippen LogP contribution in [-0.4, -0.2) is 17.6 Å². The summed E-state index contributed by atoms with van der Waals surface area (Å²) in [5.41, 5.74) is 2.83. The van der Waals surface area contributed by atoms with Crippen molar-refractivity contribution in [2.45, 2.75) is 24.8 Å². The number of carbonyl (C=O) groups is 1. The second-order valence-corrected chi connectivity index (χ2v) is 5.89. The molecule has 0 radical (unpaired) electrons. The van der Waals surface area contributed by atoms with Crippen molar-refractivity contribution in [1.82, 2.24) is 0 Å². The van der Waals surface area contributed by atoms with Crippen LogP contribution in [0.15, 0.2) is 42.5 Å². The molecule has 0 saturated heterocycles. The molecule has 2 aromatic rings. The van der Waals surface area contributed by atoms with Gasteiger partial charge in [-0.2, -0.15) is 0 Å². The number of nitrogens with zero attached hydrogens (tertiary/aromatic N) is 1. The molecule has 1 N–H and O–H groups in total. The van der Waals surface area contributed by atoms with Crippen LogP contribution in [0.1, 0.15) is 46.3 Å². The number of ketones is 1. The van der Waals surface area contributed by atoms with Crippen LogP contribution in [0, 0.1) is 5.82 Å². The van der Waals surface area contributed by atoms with Gasteiger partial charge in [0.15, 0.2) is 5.78 Å². The first-order valence-corrected chi connectivity index (χ1v) is 7.50. The SMILES string of the molecule is O=C1CCC2c3c1ccc(F)c3N(CO)C2c1ccccc1. The van der Waals surface area contributed by atoms with Crippen LogP contribution in [0.4, 0.5) is 10.1 Å². The highest BCUT2D eigenvalue weighted by Gasteiger charge is 2.45. The topological polar surface area (TPSA) is 40.5 Å². The third-order valence-electron chi connectivity index (χ3n) is 4.82. The van der Waals surface area contributed by atoms with E-state index in [9.17, 15) is 14.3 Å². The van der Waals surface area contributed by atoms with Gasteiger partial charge in [0.1, 0.15) is 12.5 Å². The number of anilines is 1. The quantitative estimate of drug-likeness (QED) is 0.923. The van der Waals surface area contributed by atoms with Gasteiger partial charge in [-0.3, -0.25) is 4.79 Å². The van der Waals surface area contributed by atoms with Gasteiger partial charge >= 0.3 is 0 Å². The molecular weight excluding hydrogens is 281 g/mol. The fourth-order valence-corrected chi connectivity index (χ4v) is 3.95. The van der Waals surface area contributed by atoms with Gasteiger partial charge in [0.05, 0.1) is 11.7 Å². The standard InChI is InChI=1S/C18H16FNO2/c19-14-8-6-12-15(22)9-7-13-16(12)18(14)20(10-21)17(13)11-4-2-1-3-5-11/h1-6,8,13,17,21H,7,9-10H2. The molecule has 4 heteroatoms. The Morgan fingerprint density at radius 3 is 2.68 bits per heavy atom. The van der Waals surface area contributed by atoms with E-state index in [1.807, 2.05) is 30.3 Å². The van der Waals surface area contributed by atoms with E-state index in [0.717, 1.165) is 11.1 Å². The average Bonchev–Trinajstić information content (AvgIpc) is 2.89. The predicted octanol–water partition coefficient (Wildman–Crippen LogP) is 3.40. The number of Topliss-reactive ketones (excluding diaryl/α,β-unsaturated/α-hetero) is 1. The Bertz CT molecular complexity index is 744. The molecule has 2 aliphatic rings. The molecule has 0 amide bonds. The van der Waals surface area contributed by atoms with Gasteiger partial charge < -0.3 is 10.0 Å². The maximum atomic E-state index is 14.4. The third-order valence-corrected chi connectivity index (χ3v) is 4.82. The van der Waals surface area contributed by atoms with E-state index in [4.69, 9.17) is 0 Å². The molecule has 2 aromatic carbocycles. The Kier molecular flexibility index (Phi) is 3.01. The number of benzene rings is 2. The van der Waals surface area contributed by atoms with Crippen molar-refractivity contribution in [3.05, 3.63) is 65.0 Å². The zero-order chi connectivity index (χ0) is 15.3. The van der Waals surface area contributed by atoms with E-state index in [-0.39, 0.29) is 30.3 Å². The first-order chi connectivity index (χ1) is 10.7. The summed E-state index contributed by atoms with van der Waals surface area (Å²) in [7, 11) is 0. The minimum atomic E-state index is -0.370. The zero-order valence-corrected chi connectivity index (χ0v) is 12.0. The molecule has 1 aliphatic carbocycles. The van der Waals surface area contributed by atoms with Crippen LogP contribution in [0.5, 0.6) is 0 Å². The summed E-state index contributed by atoms with van der Waals surface area (Å²) in [5.74, 6) is -0.252. The Balaban J connectivity index is 1.95. The van der Waals surface area contributed by atoms with Gasteiger partial charge in [-0.05, 0) is 29.7 Å². The minimum Gasteiger partial charge on any atom is -0.376 e. The number of hydrogen-bond acceptors (Lipinski definition) is 3. The summed E-state index contributed by atoms with van der Waals surface area (Å²) in [6.07, 6.45) is 1.17. The highest BCUT2D eigenvalue weighted by Crippen LogP contribution is 2.54. The Morgan fingerprint density at radius 2 is 1.95 bits per heavy atom. The molecule has 0 bridgehead atoms. The zero-order valence-electron chi connectivity index (χ0n) is 12.0. The number of aliphatic hydroxyl groups is 1. The molecule has 2 atom stereocenters. The molecular formula is C18H16FNO2. The molecule has 1 heterocycles. The van der Waals surface area contributed by atoms with E-state index in [1.54, 1.807) is 11.0 Å². The number of carbonyl (C=O) groups excluding carboxylic acids is 1. The molecule has 0 aromatic heterocycles. The predicted molar refractivity (Wildman–Crippen MR) is 81.5 cm³/mol. The van der Waals surface area contributed by atoms with Gasteiger partial charge in [-0.15, -0.1) is 0 Å². The summed E-state index contributed by atoms with van der Waals surface area (Å²) in [6, 6.07) is 12.6. The fourth-order valence-electron chi connectivity index (χ4n) is 3.95. The Hall–Kier alpha value is -2.20. The Morgan fingerprint density at radius 1 is 1.18 bits per heavy atom. The molecule has 0 spiro atoms. The molecule has 1 aliphatic heterocycles. The first-order valence-electron chi connectivity index (χ1n) is 7.50. The maximum Gasteiger partial charge on any atom is 0.163 e. The van der Waals surface area contributed by atoms with Gasteiger partial charge in [-0.25, -0.2) is 4.39 Å². The maximum absolute atomic E-state index is 14.4. The first kappa shape index (κ1) is 13.5. The average molecular weight is 297 g/mol. The molecule has 22 heavy (non-hydrogen) atoms. The van der Waals surface area contributed by atoms with Crippen LogP contribution in [-0.2, 0) is 0 Å². The lowest BCUT2D eigenvalue weighted by molar-refractivity contribution is 0.0966. The van der Waals surface area contributed by atoms with Crippen LogP contribution in [0.3, 0.4) is 0 Å². The van der Waals surface area contributed by atoms with Crippen molar-refractivity contribution in [2.75, 3.05) is 11.6 Å². The molecule has 4 rings (SSSR count). The van der Waals surface area contributed by atoms with Gasteiger partial charge in [0.2, 0.25) is 0 Å². The van der Waals surface area contributed by atoms with Gasteiger partial charge in [-0.1, -0.05) is 30.3 Å². The summed E-state index contributed by atoms with van der Waals surface area (Å²) in [4.78, 5) is 13.8. The van der Waals surface area contributed by atoms with E-state index in [2.05, 4.69) is 0 Å². The van der Waals surface area contributed by atoms with Crippen LogP contribution < -0.4 is 4.90 Å². The van der Waals surface area contributed by atoms with Crippen molar-refractivity contribution in [2.24, 2.45) is 0 Å². The number of halogens is 1. The number of hydrogen-bond donors (Lipinski definition) is 1. The summed E-state index contributed by atoms with van der Waals surface area (Å²) >= 11 is 0. The summed E-state index contributed by atoms with van der Waals surface area (Å²) in [5, 5.41) is 9.83. The van der Waals surface area contributed by atoms with Crippen LogP contribution >= 0.6 is 0 Å². The minimum absolute atomic E-state index is 0.0490. The van der Waals surface area contributed by atoms with E-state index < -0.39 is 0 Å². The van der Waals surface area contributed by atoms with Crippen LogP contribution in [0.2, 0.25) is 0 Å². The second kappa shape index (κ2) is 4.92.